The van der Waals surface area contributed by atoms with E-state index in [-0.39, 0.29) is 0 Å². The number of aromatic amines is 1. The molecule has 0 saturated carbocycles. The number of anilines is 2. The van der Waals surface area contributed by atoms with E-state index in [0.717, 1.165) is 13.0 Å². The number of fused-ring (bicyclic) bond motifs is 1. The highest BCUT2D eigenvalue weighted by Crippen LogP contribution is 2.14. The molecule has 2 aromatic rings. The first kappa shape index (κ1) is 10.7. The molecule has 86 valence electrons. The molecule has 4 N–H and O–H groups in total. The van der Waals surface area contributed by atoms with Crippen molar-refractivity contribution in [1.82, 2.24) is 19.9 Å². The minimum absolute atomic E-state index is 0.407. The summed E-state index contributed by atoms with van der Waals surface area (Å²) in [4.78, 5) is 15.4. The van der Waals surface area contributed by atoms with Crippen molar-refractivity contribution in [2.75, 3.05) is 17.6 Å². The van der Waals surface area contributed by atoms with Crippen molar-refractivity contribution in [1.29, 1.82) is 0 Å². The predicted molar refractivity (Wildman–Crippen MR) is 64.1 cm³/mol. The van der Waals surface area contributed by atoms with Gasteiger partial charge in [0.25, 0.3) is 0 Å². The van der Waals surface area contributed by atoms with Gasteiger partial charge >= 0.3 is 0 Å². The number of hydrogen-bond acceptors (Lipinski definition) is 5. The molecule has 0 radical (unpaired) electrons. The Morgan fingerprint density at radius 3 is 3.06 bits per heavy atom. The van der Waals surface area contributed by atoms with Gasteiger partial charge < -0.3 is 16.0 Å². The molecule has 6 nitrogen and oxygen atoms in total. The van der Waals surface area contributed by atoms with Crippen molar-refractivity contribution in [3.8, 4) is 0 Å². The van der Waals surface area contributed by atoms with E-state index in [1.807, 2.05) is 0 Å². The van der Waals surface area contributed by atoms with E-state index in [9.17, 15) is 0 Å². The Morgan fingerprint density at radius 1 is 1.38 bits per heavy atom. The number of imidazole rings is 1. The standard InChI is InChI=1S/C10H16N6/c1-2-3-4-5-12-10-15-8(11)7-9(16-10)14-6-13-7/h6H,2-5H2,1H3,(H4,11,12,13,14,15,16). The number of nitrogens with zero attached hydrogens (tertiary/aromatic N) is 3. The number of aromatic nitrogens is 4. The number of unbranched alkanes of at least 4 members (excludes halogenated alkanes) is 2. The summed E-state index contributed by atoms with van der Waals surface area (Å²) in [5, 5.41) is 3.15. The third kappa shape index (κ3) is 2.21. The molecule has 16 heavy (non-hydrogen) atoms. The number of nitrogens with one attached hydrogen (secondary N) is 2. The summed E-state index contributed by atoms with van der Waals surface area (Å²) in [6.07, 6.45) is 5.08. The lowest BCUT2D eigenvalue weighted by atomic mass is 10.2. The minimum Gasteiger partial charge on any atom is -0.382 e. The first-order valence-corrected chi connectivity index (χ1v) is 5.51. The van der Waals surface area contributed by atoms with E-state index < -0.39 is 0 Å². The van der Waals surface area contributed by atoms with Crippen LogP contribution >= 0.6 is 0 Å². The molecule has 0 aromatic carbocycles. The molecule has 0 atom stereocenters. The number of hydrogen-bond donors (Lipinski definition) is 3. The molecule has 0 spiro atoms. The normalized spacial score (nSPS) is 10.8. The highest BCUT2D eigenvalue weighted by atomic mass is 15.2. The van der Waals surface area contributed by atoms with Crippen LogP contribution in [0.4, 0.5) is 11.8 Å². The van der Waals surface area contributed by atoms with Gasteiger partial charge in [0.05, 0.1) is 6.33 Å². The second kappa shape index (κ2) is 4.78. The Hall–Kier alpha value is -1.85. The van der Waals surface area contributed by atoms with Gasteiger partial charge in [-0.1, -0.05) is 19.8 Å². The largest absolute Gasteiger partial charge is 0.382 e. The monoisotopic (exact) mass is 220 g/mol. The van der Waals surface area contributed by atoms with Gasteiger partial charge in [-0.3, -0.25) is 0 Å². The molecule has 0 aliphatic carbocycles. The van der Waals surface area contributed by atoms with Crippen LogP contribution < -0.4 is 11.1 Å². The van der Waals surface area contributed by atoms with Gasteiger partial charge in [0.2, 0.25) is 5.95 Å². The second-order valence-electron chi connectivity index (χ2n) is 3.67. The van der Waals surface area contributed by atoms with Crippen LogP contribution in [0.15, 0.2) is 6.33 Å². The molecule has 0 fully saturated rings. The maximum Gasteiger partial charge on any atom is 0.226 e. The zero-order valence-corrected chi connectivity index (χ0v) is 9.32. The van der Waals surface area contributed by atoms with Crippen molar-refractivity contribution in [2.45, 2.75) is 26.2 Å². The predicted octanol–water partition coefficient (Wildman–Crippen LogP) is 1.54. The van der Waals surface area contributed by atoms with Crippen LogP contribution in [0.3, 0.4) is 0 Å². The highest BCUT2D eigenvalue weighted by molar-refractivity contribution is 5.82. The quantitative estimate of drug-likeness (QED) is 0.664. The summed E-state index contributed by atoms with van der Waals surface area (Å²) in [7, 11) is 0. The molecule has 6 heteroatoms. The summed E-state index contributed by atoms with van der Waals surface area (Å²) < 4.78 is 0. The Kier molecular flexibility index (Phi) is 3.19. The second-order valence-corrected chi connectivity index (χ2v) is 3.67. The van der Waals surface area contributed by atoms with Gasteiger partial charge in [-0.15, -0.1) is 0 Å². The Balaban J connectivity index is 2.06. The SMILES string of the molecule is CCCCCNc1nc(N)c2nc[nH]c2n1. The van der Waals surface area contributed by atoms with Crippen LogP contribution in [0, 0.1) is 0 Å². The maximum atomic E-state index is 5.76. The lowest BCUT2D eigenvalue weighted by Gasteiger charge is -2.04. The summed E-state index contributed by atoms with van der Waals surface area (Å²) >= 11 is 0. The molecule has 0 aliphatic rings. The Labute approximate surface area is 93.7 Å². The third-order valence-electron chi connectivity index (χ3n) is 2.37. The molecule has 0 amide bonds. The number of rotatable bonds is 5. The van der Waals surface area contributed by atoms with Gasteiger partial charge in [0, 0.05) is 6.54 Å². The summed E-state index contributed by atoms with van der Waals surface area (Å²) in [6, 6.07) is 0. The molecule has 2 heterocycles. The van der Waals surface area contributed by atoms with Crippen molar-refractivity contribution in [3.05, 3.63) is 6.33 Å². The summed E-state index contributed by atoms with van der Waals surface area (Å²) in [5.41, 5.74) is 7.05. The maximum absolute atomic E-state index is 5.76. The van der Waals surface area contributed by atoms with E-state index >= 15 is 0 Å². The third-order valence-corrected chi connectivity index (χ3v) is 2.37. The lowest BCUT2D eigenvalue weighted by molar-refractivity contribution is 0.741. The van der Waals surface area contributed by atoms with Crippen LogP contribution in [-0.2, 0) is 0 Å². The molecule has 0 aliphatic heterocycles. The Bertz CT molecular complexity index is 463. The number of nitrogens with two attached hydrogens (primary N) is 1. The minimum atomic E-state index is 0.407. The van der Waals surface area contributed by atoms with Crippen LogP contribution in [-0.4, -0.2) is 26.5 Å². The van der Waals surface area contributed by atoms with Gasteiger partial charge in [-0.05, 0) is 6.42 Å². The lowest BCUT2D eigenvalue weighted by Crippen LogP contribution is -2.07. The molecular formula is C10H16N6. The fourth-order valence-electron chi connectivity index (χ4n) is 1.51. The average Bonchev–Trinajstić information content (AvgIpc) is 2.73. The van der Waals surface area contributed by atoms with E-state index in [0.29, 0.717) is 22.9 Å². The first-order valence-electron chi connectivity index (χ1n) is 5.51. The fraction of sp³-hybridized carbons (Fsp3) is 0.500. The topological polar surface area (TPSA) is 92.5 Å². The van der Waals surface area contributed by atoms with Gasteiger partial charge in [-0.2, -0.15) is 9.97 Å². The van der Waals surface area contributed by atoms with Crippen LogP contribution in [0.25, 0.3) is 11.2 Å². The average molecular weight is 220 g/mol. The van der Waals surface area contributed by atoms with Crippen LogP contribution in [0.1, 0.15) is 26.2 Å². The number of H-pyrrole nitrogens is 1. The smallest absolute Gasteiger partial charge is 0.226 e. The van der Waals surface area contributed by atoms with Crippen molar-refractivity contribution < 1.29 is 0 Å². The van der Waals surface area contributed by atoms with E-state index in [1.54, 1.807) is 6.33 Å². The van der Waals surface area contributed by atoms with Crippen molar-refractivity contribution in [3.63, 3.8) is 0 Å². The van der Waals surface area contributed by atoms with E-state index in [1.165, 1.54) is 12.8 Å². The van der Waals surface area contributed by atoms with Gasteiger partial charge in [0.1, 0.15) is 5.52 Å². The summed E-state index contributed by atoms with van der Waals surface area (Å²) in [5.74, 6) is 0.967. The molecule has 0 saturated heterocycles. The van der Waals surface area contributed by atoms with E-state index in [4.69, 9.17) is 5.73 Å². The van der Waals surface area contributed by atoms with Crippen molar-refractivity contribution >= 4 is 22.9 Å². The zero-order valence-electron chi connectivity index (χ0n) is 9.32. The summed E-state index contributed by atoms with van der Waals surface area (Å²) in [6.45, 7) is 3.04. The van der Waals surface area contributed by atoms with Crippen LogP contribution in [0.5, 0.6) is 0 Å². The van der Waals surface area contributed by atoms with Crippen LogP contribution in [0.2, 0.25) is 0 Å². The van der Waals surface area contributed by atoms with Gasteiger partial charge in [0.15, 0.2) is 11.5 Å². The number of nitrogen functional groups attached to an aromatic ring is 1. The highest BCUT2D eigenvalue weighted by Gasteiger charge is 2.06. The molecular weight excluding hydrogens is 204 g/mol. The van der Waals surface area contributed by atoms with Gasteiger partial charge in [-0.25, -0.2) is 4.98 Å². The van der Waals surface area contributed by atoms with E-state index in [2.05, 4.69) is 32.2 Å². The molecule has 2 rings (SSSR count). The molecule has 0 bridgehead atoms. The molecule has 0 unspecified atom stereocenters. The first-order chi connectivity index (χ1) is 7.81. The zero-order chi connectivity index (χ0) is 11.4. The Morgan fingerprint density at radius 2 is 2.25 bits per heavy atom. The fourth-order valence-corrected chi connectivity index (χ4v) is 1.51. The van der Waals surface area contributed by atoms with Crippen molar-refractivity contribution in [2.24, 2.45) is 0 Å². The molecule has 2 aromatic heterocycles.